The maximum Gasteiger partial charge on any atom is 0.252 e. The van der Waals surface area contributed by atoms with E-state index in [9.17, 15) is 14.4 Å². The summed E-state index contributed by atoms with van der Waals surface area (Å²) in [5.74, 6) is 0.270. The van der Waals surface area contributed by atoms with Gasteiger partial charge in [-0.15, -0.1) is 0 Å². The highest BCUT2D eigenvalue weighted by Gasteiger charge is 2.35. The van der Waals surface area contributed by atoms with E-state index < -0.39 is 6.04 Å². The van der Waals surface area contributed by atoms with Crippen LogP contribution in [0.5, 0.6) is 5.75 Å². The molecule has 2 aromatic carbocycles. The minimum Gasteiger partial charge on any atom is -0.497 e. The molecule has 182 valence electrons. The van der Waals surface area contributed by atoms with Crippen LogP contribution in [0.25, 0.3) is 0 Å². The molecule has 0 saturated carbocycles. The molecule has 0 bridgehead atoms. The molecule has 1 unspecified atom stereocenters. The van der Waals surface area contributed by atoms with E-state index in [1.165, 1.54) is 0 Å². The quantitative estimate of drug-likeness (QED) is 0.617. The predicted molar refractivity (Wildman–Crippen MR) is 132 cm³/mol. The fraction of sp³-hybridized carbons (Fsp3) is 0.444. The standard InChI is InChI=1S/C27H35N3O4/c1-4-29(5-2)27(33)25(28-26(32)22-12-9-13-23(19-22)34-3)21-14-16-30(17-15-21)24(31)18-20-10-7-6-8-11-20/h6-13,19,21,25H,4-5,14-18H2,1-3H3,(H,28,32). The number of amides is 3. The molecule has 2 aromatic rings. The van der Waals surface area contributed by atoms with E-state index in [1.807, 2.05) is 49.1 Å². The molecule has 3 rings (SSSR count). The van der Waals surface area contributed by atoms with Crippen molar-refractivity contribution in [2.75, 3.05) is 33.3 Å². The number of likely N-dealkylation sites (N-methyl/N-ethyl adjacent to an activating group) is 1. The number of nitrogens with zero attached hydrogens (tertiary/aromatic N) is 2. The Morgan fingerprint density at radius 2 is 1.71 bits per heavy atom. The summed E-state index contributed by atoms with van der Waals surface area (Å²) in [6.45, 7) is 6.19. The van der Waals surface area contributed by atoms with E-state index in [1.54, 1.807) is 36.3 Å². The summed E-state index contributed by atoms with van der Waals surface area (Å²) in [6.07, 6.45) is 1.70. The fourth-order valence-corrected chi connectivity index (χ4v) is 4.47. The Morgan fingerprint density at radius 1 is 1.03 bits per heavy atom. The molecule has 1 N–H and O–H groups in total. The van der Waals surface area contributed by atoms with Crippen molar-refractivity contribution in [2.45, 2.75) is 39.2 Å². The second-order valence-electron chi connectivity index (χ2n) is 8.57. The summed E-state index contributed by atoms with van der Waals surface area (Å²) >= 11 is 0. The van der Waals surface area contributed by atoms with Crippen LogP contribution < -0.4 is 10.1 Å². The van der Waals surface area contributed by atoms with Gasteiger partial charge in [0.15, 0.2) is 0 Å². The monoisotopic (exact) mass is 465 g/mol. The van der Waals surface area contributed by atoms with Gasteiger partial charge in [-0.3, -0.25) is 14.4 Å². The first kappa shape index (κ1) is 25.3. The van der Waals surface area contributed by atoms with Gasteiger partial charge in [0.05, 0.1) is 13.5 Å². The number of likely N-dealkylation sites (tertiary alicyclic amines) is 1. The van der Waals surface area contributed by atoms with Gasteiger partial charge < -0.3 is 19.9 Å². The highest BCUT2D eigenvalue weighted by atomic mass is 16.5. The van der Waals surface area contributed by atoms with Crippen molar-refractivity contribution in [2.24, 2.45) is 5.92 Å². The van der Waals surface area contributed by atoms with Crippen LogP contribution in [0.15, 0.2) is 54.6 Å². The van der Waals surface area contributed by atoms with Crippen molar-refractivity contribution in [3.05, 3.63) is 65.7 Å². The Balaban J connectivity index is 1.69. The van der Waals surface area contributed by atoms with E-state index in [-0.39, 0.29) is 23.6 Å². The largest absolute Gasteiger partial charge is 0.497 e. The van der Waals surface area contributed by atoms with Crippen molar-refractivity contribution >= 4 is 17.7 Å². The Hall–Kier alpha value is -3.35. The zero-order valence-electron chi connectivity index (χ0n) is 20.3. The van der Waals surface area contributed by atoms with Gasteiger partial charge >= 0.3 is 0 Å². The molecule has 1 atom stereocenters. The predicted octanol–water partition coefficient (Wildman–Crippen LogP) is 3.14. The SMILES string of the molecule is CCN(CC)C(=O)C(NC(=O)c1cccc(OC)c1)C1CCN(C(=O)Cc2ccccc2)CC1. The van der Waals surface area contributed by atoms with E-state index >= 15 is 0 Å². The Morgan fingerprint density at radius 3 is 2.32 bits per heavy atom. The molecule has 0 spiro atoms. The summed E-state index contributed by atoms with van der Waals surface area (Å²) in [7, 11) is 1.55. The minimum absolute atomic E-state index is 0.0385. The van der Waals surface area contributed by atoms with Gasteiger partial charge in [-0.25, -0.2) is 0 Å². The second kappa shape index (κ2) is 12.2. The van der Waals surface area contributed by atoms with Gasteiger partial charge in [-0.05, 0) is 56.4 Å². The number of hydrogen-bond donors (Lipinski definition) is 1. The van der Waals surface area contributed by atoms with Crippen LogP contribution in [0.3, 0.4) is 0 Å². The molecule has 1 aliphatic rings. The van der Waals surface area contributed by atoms with Crippen LogP contribution in [0.1, 0.15) is 42.6 Å². The Kier molecular flexibility index (Phi) is 9.08. The van der Waals surface area contributed by atoms with Gasteiger partial charge in [-0.1, -0.05) is 36.4 Å². The van der Waals surface area contributed by atoms with Crippen molar-refractivity contribution in [1.82, 2.24) is 15.1 Å². The molecule has 1 heterocycles. The molecular weight excluding hydrogens is 430 g/mol. The number of ether oxygens (including phenoxy) is 1. The molecule has 7 heteroatoms. The highest BCUT2D eigenvalue weighted by Crippen LogP contribution is 2.24. The van der Waals surface area contributed by atoms with Crippen LogP contribution in [0, 0.1) is 5.92 Å². The Labute approximate surface area is 202 Å². The van der Waals surface area contributed by atoms with E-state index in [0.717, 1.165) is 5.56 Å². The number of piperidine rings is 1. The van der Waals surface area contributed by atoms with Gasteiger partial charge in [0.2, 0.25) is 11.8 Å². The second-order valence-corrected chi connectivity index (χ2v) is 8.57. The molecule has 34 heavy (non-hydrogen) atoms. The zero-order chi connectivity index (χ0) is 24.5. The number of benzene rings is 2. The fourth-order valence-electron chi connectivity index (χ4n) is 4.47. The van der Waals surface area contributed by atoms with Crippen molar-refractivity contribution < 1.29 is 19.1 Å². The van der Waals surface area contributed by atoms with Gasteiger partial charge in [0.1, 0.15) is 11.8 Å². The maximum absolute atomic E-state index is 13.4. The number of methoxy groups -OCH3 is 1. The van der Waals surface area contributed by atoms with Crippen molar-refractivity contribution in [3.8, 4) is 5.75 Å². The normalized spacial score (nSPS) is 14.9. The van der Waals surface area contributed by atoms with Crippen LogP contribution in [-0.4, -0.2) is 66.9 Å². The third kappa shape index (κ3) is 6.37. The lowest BCUT2D eigenvalue weighted by Crippen LogP contribution is -2.54. The number of nitrogens with one attached hydrogen (secondary N) is 1. The topological polar surface area (TPSA) is 79.0 Å². The van der Waals surface area contributed by atoms with Gasteiger partial charge in [0.25, 0.3) is 5.91 Å². The summed E-state index contributed by atoms with van der Waals surface area (Å²) in [5, 5.41) is 3.00. The summed E-state index contributed by atoms with van der Waals surface area (Å²) in [5.41, 5.74) is 1.45. The number of hydrogen-bond acceptors (Lipinski definition) is 4. The van der Waals surface area contributed by atoms with Crippen molar-refractivity contribution in [1.29, 1.82) is 0 Å². The first-order chi connectivity index (χ1) is 16.5. The number of carbonyl (C=O) groups excluding carboxylic acids is 3. The van der Waals surface area contributed by atoms with Crippen LogP contribution >= 0.6 is 0 Å². The number of carbonyl (C=O) groups is 3. The smallest absolute Gasteiger partial charge is 0.252 e. The van der Waals surface area contributed by atoms with E-state index in [0.29, 0.717) is 56.8 Å². The third-order valence-corrected chi connectivity index (χ3v) is 6.52. The highest BCUT2D eigenvalue weighted by molar-refractivity contribution is 5.98. The lowest BCUT2D eigenvalue weighted by atomic mass is 9.88. The van der Waals surface area contributed by atoms with E-state index in [4.69, 9.17) is 4.74 Å². The molecule has 1 fully saturated rings. The molecule has 0 aromatic heterocycles. The van der Waals surface area contributed by atoms with Crippen LogP contribution in [0.4, 0.5) is 0 Å². The minimum atomic E-state index is -0.634. The lowest BCUT2D eigenvalue weighted by Gasteiger charge is -2.37. The molecule has 1 aliphatic heterocycles. The molecule has 0 aliphatic carbocycles. The average Bonchev–Trinajstić information content (AvgIpc) is 2.88. The lowest BCUT2D eigenvalue weighted by molar-refractivity contribution is -0.135. The Bertz CT molecular complexity index is 967. The maximum atomic E-state index is 13.4. The van der Waals surface area contributed by atoms with Crippen molar-refractivity contribution in [3.63, 3.8) is 0 Å². The first-order valence-corrected chi connectivity index (χ1v) is 12.0. The molecule has 3 amide bonds. The van der Waals surface area contributed by atoms with Crippen LogP contribution in [-0.2, 0) is 16.0 Å². The van der Waals surface area contributed by atoms with Gasteiger partial charge in [0, 0.05) is 31.7 Å². The van der Waals surface area contributed by atoms with Gasteiger partial charge in [-0.2, -0.15) is 0 Å². The summed E-state index contributed by atoms with van der Waals surface area (Å²) in [4.78, 5) is 42.8. The average molecular weight is 466 g/mol. The molecule has 7 nitrogen and oxygen atoms in total. The van der Waals surface area contributed by atoms with E-state index in [2.05, 4.69) is 5.32 Å². The third-order valence-electron chi connectivity index (χ3n) is 6.52. The molecular formula is C27H35N3O4. The molecule has 0 radical (unpaired) electrons. The zero-order valence-corrected chi connectivity index (χ0v) is 20.3. The summed E-state index contributed by atoms with van der Waals surface area (Å²) in [6, 6.07) is 16.0. The first-order valence-electron chi connectivity index (χ1n) is 12.0. The number of rotatable bonds is 9. The summed E-state index contributed by atoms with van der Waals surface area (Å²) < 4.78 is 5.23. The molecule has 1 saturated heterocycles. The van der Waals surface area contributed by atoms with Crippen LogP contribution in [0.2, 0.25) is 0 Å².